The zero-order chi connectivity index (χ0) is 16.9. The highest BCUT2D eigenvalue weighted by Crippen LogP contribution is 2.26. The Kier molecular flexibility index (Phi) is 5.34. The molecule has 1 aromatic carbocycles. The lowest BCUT2D eigenvalue weighted by Gasteiger charge is -2.35. The van der Waals surface area contributed by atoms with Crippen molar-refractivity contribution >= 4 is 5.91 Å². The topological polar surface area (TPSA) is 71.8 Å². The van der Waals surface area contributed by atoms with Gasteiger partial charge in [-0.1, -0.05) is 0 Å². The molecule has 1 aromatic rings. The number of nitrogens with zero attached hydrogens (tertiary/aromatic N) is 2. The average molecular weight is 330 g/mol. The van der Waals surface area contributed by atoms with Crippen LogP contribution in [0.3, 0.4) is 0 Å². The van der Waals surface area contributed by atoms with Crippen LogP contribution in [0.2, 0.25) is 0 Å². The standard InChI is InChI=1S/C18H22N2O4/c1-13(24-16-4-2-14(12-19)3-5-16)17(21)20-8-6-15(7-9-20)18-22-10-11-23-18/h2-5,13,15,18H,6-11H2,1H3. The van der Waals surface area contributed by atoms with E-state index in [2.05, 4.69) is 6.07 Å². The molecule has 0 saturated carbocycles. The Morgan fingerprint density at radius 2 is 1.88 bits per heavy atom. The lowest BCUT2D eigenvalue weighted by molar-refractivity contribution is -0.143. The van der Waals surface area contributed by atoms with Crippen LogP contribution in [0.4, 0.5) is 0 Å². The molecule has 3 rings (SSSR count). The molecule has 0 spiro atoms. The molecule has 0 N–H and O–H groups in total. The number of amides is 1. The van der Waals surface area contributed by atoms with Crippen molar-refractivity contribution in [2.24, 2.45) is 5.92 Å². The Hall–Kier alpha value is -2.10. The third-order valence-corrected chi connectivity index (χ3v) is 4.53. The first-order valence-electron chi connectivity index (χ1n) is 8.36. The largest absolute Gasteiger partial charge is 0.481 e. The quantitative estimate of drug-likeness (QED) is 0.843. The first-order valence-corrected chi connectivity index (χ1v) is 8.36. The number of benzene rings is 1. The van der Waals surface area contributed by atoms with Crippen LogP contribution >= 0.6 is 0 Å². The zero-order valence-corrected chi connectivity index (χ0v) is 13.8. The summed E-state index contributed by atoms with van der Waals surface area (Å²) in [6, 6.07) is 8.84. The Morgan fingerprint density at radius 3 is 2.46 bits per heavy atom. The van der Waals surface area contributed by atoms with E-state index in [0.29, 0.717) is 43.5 Å². The molecule has 2 saturated heterocycles. The normalized spacial score (nSPS) is 20.6. The summed E-state index contributed by atoms with van der Waals surface area (Å²) in [6.45, 7) is 4.50. The van der Waals surface area contributed by atoms with Crippen LogP contribution in [0.1, 0.15) is 25.3 Å². The number of nitriles is 1. The number of hydrogen-bond donors (Lipinski definition) is 0. The van der Waals surface area contributed by atoms with Crippen LogP contribution in [0.5, 0.6) is 5.75 Å². The lowest BCUT2D eigenvalue weighted by Crippen LogP contribution is -2.46. The second kappa shape index (κ2) is 7.65. The predicted octanol–water partition coefficient (Wildman–Crippen LogP) is 1.94. The fourth-order valence-corrected chi connectivity index (χ4v) is 3.16. The number of likely N-dealkylation sites (tertiary alicyclic amines) is 1. The van der Waals surface area contributed by atoms with E-state index in [0.717, 1.165) is 12.8 Å². The molecule has 1 unspecified atom stereocenters. The van der Waals surface area contributed by atoms with Gasteiger partial charge in [-0.2, -0.15) is 5.26 Å². The van der Waals surface area contributed by atoms with E-state index in [1.165, 1.54) is 0 Å². The molecule has 0 aliphatic carbocycles. The minimum Gasteiger partial charge on any atom is -0.481 e. The molecule has 0 bridgehead atoms. The monoisotopic (exact) mass is 330 g/mol. The molecule has 0 aromatic heterocycles. The van der Waals surface area contributed by atoms with Crippen molar-refractivity contribution in [2.45, 2.75) is 32.2 Å². The zero-order valence-electron chi connectivity index (χ0n) is 13.8. The van der Waals surface area contributed by atoms with Crippen molar-refractivity contribution in [3.05, 3.63) is 29.8 Å². The second-order valence-electron chi connectivity index (χ2n) is 6.17. The average Bonchev–Trinajstić information content (AvgIpc) is 3.16. The van der Waals surface area contributed by atoms with Crippen LogP contribution in [-0.4, -0.2) is 49.5 Å². The van der Waals surface area contributed by atoms with Gasteiger partial charge in [0.05, 0.1) is 24.8 Å². The van der Waals surface area contributed by atoms with Gasteiger partial charge in [-0.15, -0.1) is 0 Å². The van der Waals surface area contributed by atoms with Gasteiger partial charge < -0.3 is 19.1 Å². The predicted molar refractivity (Wildman–Crippen MR) is 86.2 cm³/mol. The maximum Gasteiger partial charge on any atom is 0.263 e. The van der Waals surface area contributed by atoms with Crippen molar-refractivity contribution in [1.29, 1.82) is 5.26 Å². The van der Waals surface area contributed by atoms with E-state index in [-0.39, 0.29) is 12.2 Å². The third kappa shape index (κ3) is 3.86. The molecule has 24 heavy (non-hydrogen) atoms. The van der Waals surface area contributed by atoms with Gasteiger partial charge >= 0.3 is 0 Å². The summed E-state index contributed by atoms with van der Waals surface area (Å²) in [5.41, 5.74) is 0.569. The molecule has 0 radical (unpaired) electrons. The molecule has 2 aliphatic heterocycles. The minimum atomic E-state index is -0.548. The smallest absolute Gasteiger partial charge is 0.263 e. The molecule has 6 heteroatoms. The molecule has 1 atom stereocenters. The summed E-state index contributed by atoms with van der Waals surface area (Å²) in [6.07, 6.45) is 1.13. The minimum absolute atomic E-state index is 0.00827. The SMILES string of the molecule is CC(Oc1ccc(C#N)cc1)C(=O)N1CCC(C2OCCO2)CC1. The van der Waals surface area contributed by atoms with Gasteiger partial charge in [-0.25, -0.2) is 0 Å². The van der Waals surface area contributed by atoms with Crippen molar-refractivity contribution in [3.63, 3.8) is 0 Å². The second-order valence-corrected chi connectivity index (χ2v) is 6.17. The molecule has 6 nitrogen and oxygen atoms in total. The Morgan fingerprint density at radius 1 is 1.25 bits per heavy atom. The number of carbonyl (C=O) groups excluding carboxylic acids is 1. The van der Waals surface area contributed by atoms with Crippen LogP contribution in [-0.2, 0) is 14.3 Å². The van der Waals surface area contributed by atoms with Crippen LogP contribution in [0, 0.1) is 17.2 Å². The maximum absolute atomic E-state index is 12.5. The summed E-state index contributed by atoms with van der Waals surface area (Å²) >= 11 is 0. The highest BCUT2D eigenvalue weighted by atomic mass is 16.7. The summed E-state index contributed by atoms with van der Waals surface area (Å²) in [5, 5.41) is 8.80. The van der Waals surface area contributed by atoms with Crippen molar-refractivity contribution in [3.8, 4) is 11.8 Å². The third-order valence-electron chi connectivity index (χ3n) is 4.53. The first-order chi connectivity index (χ1) is 11.7. The van der Waals surface area contributed by atoms with Gasteiger partial charge in [0.25, 0.3) is 5.91 Å². The van der Waals surface area contributed by atoms with E-state index >= 15 is 0 Å². The van der Waals surface area contributed by atoms with Gasteiger partial charge in [0, 0.05) is 19.0 Å². The van der Waals surface area contributed by atoms with Gasteiger partial charge in [-0.05, 0) is 44.0 Å². The van der Waals surface area contributed by atoms with E-state index in [1.807, 2.05) is 4.90 Å². The summed E-state index contributed by atoms with van der Waals surface area (Å²) in [4.78, 5) is 14.4. The summed E-state index contributed by atoms with van der Waals surface area (Å²) in [7, 11) is 0. The van der Waals surface area contributed by atoms with Crippen molar-refractivity contribution in [1.82, 2.24) is 4.90 Å². The molecule has 2 heterocycles. The first kappa shape index (κ1) is 16.7. The van der Waals surface area contributed by atoms with Crippen LogP contribution < -0.4 is 4.74 Å². The lowest BCUT2D eigenvalue weighted by atomic mass is 9.96. The number of hydrogen-bond acceptors (Lipinski definition) is 5. The van der Waals surface area contributed by atoms with E-state index < -0.39 is 6.10 Å². The van der Waals surface area contributed by atoms with E-state index in [1.54, 1.807) is 31.2 Å². The number of piperidine rings is 1. The molecule has 2 aliphatic rings. The number of ether oxygens (including phenoxy) is 3. The Bertz CT molecular complexity index is 596. The Labute approximate surface area is 141 Å². The van der Waals surface area contributed by atoms with Gasteiger partial charge in [0.1, 0.15) is 5.75 Å². The summed E-state index contributed by atoms with van der Waals surface area (Å²) < 4.78 is 16.8. The summed E-state index contributed by atoms with van der Waals surface area (Å²) in [5.74, 6) is 0.954. The molecule has 2 fully saturated rings. The number of rotatable bonds is 4. The van der Waals surface area contributed by atoms with E-state index in [9.17, 15) is 4.79 Å². The van der Waals surface area contributed by atoms with Gasteiger partial charge in [-0.3, -0.25) is 4.79 Å². The van der Waals surface area contributed by atoms with Crippen molar-refractivity contribution in [2.75, 3.05) is 26.3 Å². The molecule has 1 amide bonds. The number of carbonyl (C=O) groups is 1. The van der Waals surface area contributed by atoms with Crippen molar-refractivity contribution < 1.29 is 19.0 Å². The maximum atomic E-state index is 12.5. The highest BCUT2D eigenvalue weighted by molar-refractivity contribution is 5.81. The fraction of sp³-hybridized carbons (Fsp3) is 0.556. The van der Waals surface area contributed by atoms with Gasteiger partial charge in [0.15, 0.2) is 12.4 Å². The molecule has 128 valence electrons. The van der Waals surface area contributed by atoms with Crippen LogP contribution in [0.15, 0.2) is 24.3 Å². The fourth-order valence-electron chi connectivity index (χ4n) is 3.16. The van der Waals surface area contributed by atoms with Crippen LogP contribution in [0.25, 0.3) is 0 Å². The Balaban J connectivity index is 1.49. The van der Waals surface area contributed by atoms with E-state index in [4.69, 9.17) is 19.5 Å². The molecular weight excluding hydrogens is 308 g/mol. The van der Waals surface area contributed by atoms with Gasteiger partial charge in [0.2, 0.25) is 0 Å². The molecular formula is C18H22N2O4. The highest BCUT2D eigenvalue weighted by Gasteiger charge is 2.33.